The molecule has 3 aliphatic rings. The van der Waals surface area contributed by atoms with Gasteiger partial charge >= 0.3 is 0 Å². The van der Waals surface area contributed by atoms with Gasteiger partial charge < -0.3 is 34.3 Å². The second-order valence-electron chi connectivity index (χ2n) is 8.73. The van der Waals surface area contributed by atoms with Crippen LogP contribution in [0.25, 0.3) is 0 Å². The number of aliphatic hydroxyl groups excluding tert-OH is 1. The molecule has 1 aromatic rings. The highest BCUT2D eigenvalue weighted by Crippen LogP contribution is 2.42. The summed E-state index contributed by atoms with van der Waals surface area (Å²) < 4.78 is 22.9. The third-order valence-electron chi connectivity index (χ3n) is 6.48. The first kappa shape index (κ1) is 24.3. The number of carbonyl (C=O) groups is 2. The number of hydrogen-bond donors (Lipinski definition) is 2. The van der Waals surface area contributed by atoms with Gasteiger partial charge in [0, 0.05) is 51.1 Å². The van der Waals surface area contributed by atoms with Gasteiger partial charge in [0.1, 0.15) is 0 Å². The minimum atomic E-state index is -0.611. The van der Waals surface area contributed by atoms with Gasteiger partial charge in [0.05, 0.1) is 0 Å². The molecule has 9 heteroatoms. The number of carbonyl (C=O) groups excluding carboxylic acids is 2. The first-order chi connectivity index (χ1) is 16.6. The van der Waals surface area contributed by atoms with E-state index in [4.69, 9.17) is 18.9 Å². The molecule has 3 aliphatic heterocycles. The zero-order valence-corrected chi connectivity index (χ0v) is 19.7. The molecule has 3 atom stereocenters. The maximum Gasteiger partial charge on any atom is 0.286 e. The van der Waals surface area contributed by atoms with Gasteiger partial charge in [0.2, 0.25) is 19.0 Å². The molecule has 1 saturated heterocycles. The van der Waals surface area contributed by atoms with Crippen molar-refractivity contribution in [2.24, 2.45) is 5.92 Å². The zero-order chi connectivity index (χ0) is 23.9. The van der Waals surface area contributed by atoms with Crippen LogP contribution in [0.5, 0.6) is 11.5 Å². The Morgan fingerprint density at radius 3 is 2.88 bits per heavy atom. The molecule has 9 nitrogen and oxygen atoms in total. The van der Waals surface area contributed by atoms with Crippen molar-refractivity contribution < 1.29 is 33.6 Å². The van der Waals surface area contributed by atoms with E-state index < -0.39 is 6.29 Å². The van der Waals surface area contributed by atoms with Crippen LogP contribution in [-0.4, -0.2) is 67.8 Å². The molecule has 4 rings (SSSR count). The molecule has 1 fully saturated rings. The van der Waals surface area contributed by atoms with Crippen LogP contribution in [0.15, 0.2) is 30.0 Å². The van der Waals surface area contributed by atoms with E-state index in [0.29, 0.717) is 56.9 Å². The monoisotopic (exact) mass is 474 g/mol. The van der Waals surface area contributed by atoms with E-state index in [2.05, 4.69) is 5.32 Å². The topological polar surface area (TPSA) is 107 Å². The number of ether oxygens (including phenoxy) is 4. The smallest absolute Gasteiger partial charge is 0.286 e. The highest BCUT2D eigenvalue weighted by molar-refractivity contribution is 5.91. The number of benzene rings is 1. The van der Waals surface area contributed by atoms with E-state index in [1.807, 2.05) is 36.1 Å². The molecule has 3 unspecified atom stereocenters. The van der Waals surface area contributed by atoms with Crippen LogP contribution >= 0.6 is 0 Å². The zero-order valence-electron chi connectivity index (χ0n) is 19.7. The molecule has 1 aromatic carbocycles. The third-order valence-corrected chi connectivity index (χ3v) is 6.48. The lowest BCUT2D eigenvalue weighted by atomic mass is 9.80. The summed E-state index contributed by atoms with van der Waals surface area (Å²) in [5, 5.41) is 12.3. The predicted octanol–water partition coefficient (Wildman–Crippen LogP) is 2.29. The number of hydrogen-bond acceptors (Lipinski definition) is 7. The predicted molar refractivity (Wildman–Crippen MR) is 123 cm³/mol. The van der Waals surface area contributed by atoms with Crippen molar-refractivity contribution in [3.05, 3.63) is 35.6 Å². The van der Waals surface area contributed by atoms with Crippen molar-refractivity contribution >= 4 is 11.8 Å². The molecule has 3 heterocycles. The van der Waals surface area contributed by atoms with E-state index in [-0.39, 0.29) is 42.8 Å². The van der Waals surface area contributed by atoms with Gasteiger partial charge in [0.15, 0.2) is 17.3 Å². The highest BCUT2D eigenvalue weighted by atomic mass is 16.7. The Kier molecular flexibility index (Phi) is 8.29. The second kappa shape index (κ2) is 11.6. The molecule has 0 radical (unpaired) electrons. The standard InChI is InChI=1S/C25H34N2O7/c1-2-31-25-18(6-4-13-28)19(17-8-9-20-21(14-17)33-16-32-20)15-22(34-25)24(30)26-10-5-12-27-11-3-7-23(27)29/h8-9,14-15,18-19,25,28H,2-7,10-13,16H2,1H3,(H,26,30). The summed E-state index contributed by atoms with van der Waals surface area (Å²) in [6, 6.07) is 5.78. The lowest BCUT2D eigenvalue weighted by Crippen LogP contribution is -2.39. The van der Waals surface area contributed by atoms with E-state index in [1.54, 1.807) is 0 Å². The van der Waals surface area contributed by atoms with Gasteiger partial charge in [-0.3, -0.25) is 9.59 Å². The van der Waals surface area contributed by atoms with Crippen LogP contribution in [-0.2, 0) is 19.1 Å². The fraction of sp³-hybridized carbons (Fsp3) is 0.600. The largest absolute Gasteiger partial charge is 0.459 e. The SMILES string of the molecule is CCOC1OC(C(=O)NCCCN2CCCC2=O)=CC(c2ccc3c(c2)OCO3)C1CCCO. The molecule has 34 heavy (non-hydrogen) atoms. The van der Waals surface area contributed by atoms with Crippen molar-refractivity contribution in [3.8, 4) is 11.5 Å². The number of allylic oxidation sites excluding steroid dienone is 1. The molecule has 2 amide bonds. The highest BCUT2D eigenvalue weighted by Gasteiger charge is 2.38. The van der Waals surface area contributed by atoms with Crippen molar-refractivity contribution in [1.82, 2.24) is 10.2 Å². The fourth-order valence-electron chi connectivity index (χ4n) is 4.76. The number of nitrogens with one attached hydrogen (secondary N) is 1. The van der Waals surface area contributed by atoms with Crippen molar-refractivity contribution in [2.75, 3.05) is 39.6 Å². The van der Waals surface area contributed by atoms with Crippen LogP contribution in [0.4, 0.5) is 0 Å². The van der Waals surface area contributed by atoms with Crippen molar-refractivity contribution in [1.29, 1.82) is 0 Å². The number of rotatable bonds is 11. The first-order valence-corrected chi connectivity index (χ1v) is 12.2. The molecule has 0 saturated carbocycles. The summed E-state index contributed by atoms with van der Waals surface area (Å²) in [6.07, 6.45) is 4.71. The average molecular weight is 475 g/mol. The molecule has 0 aromatic heterocycles. The molecular weight excluding hydrogens is 440 g/mol. The van der Waals surface area contributed by atoms with Crippen LogP contribution in [0.2, 0.25) is 0 Å². The Balaban J connectivity index is 1.48. The summed E-state index contributed by atoms with van der Waals surface area (Å²) in [4.78, 5) is 26.6. The maximum absolute atomic E-state index is 13.0. The quantitative estimate of drug-likeness (QED) is 0.474. The number of likely N-dealkylation sites (tertiary alicyclic amines) is 1. The minimum Gasteiger partial charge on any atom is -0.459 e. The third kappa shape index (κ3) is 5.64. The van der Waals surface area contributed by atoms with Crippen molar-refractivity contribution in [3.63, 3.8) is 0 Å². The summed E-state index contributed by atoms with van der Waals surface area (Å²) in [7, 11) is 0. The molecule has 2 N–H and O–H groups in total. The number of amides is 2. The Bertz CT molecular complexity index is 903. The lowest BCUT2D eigenvalue weighted by Gasteiger charge is -2.37. The molecule has 0 bridgehead atoms. The molecular formula is C25H34N2O7. The normalized spacial score (nSPS) is 23.6. The molecule has 0 spiro atoms. The maximum atomic E-state index is 13.0. The second-order valence-corrected chi connectivity index (χ2v) is 8.73. The first-order valence-electron chi connectivity index (χ1n) is 12.2. The van der Waals surface area contributed by atoms with E-state index in [9.17, 15) is 14.7 Å². The Morgan fingerprint density at radius 1 is 1.26 bits per heavy atom. The number of fused-ring (bicyclic) bond motifs is 1. The van der Waals surface area contributed by atoms with Gasteiger partial charge in [-0.1, -0.05) is 6.07 Å². The van der Waals surface area contributed by atoms with Crippen LogP contribution < -0.4 is 14.8 Å². The van der Waals surface area contributed by atoms with Gasteiger partial charge in [0.25, 0.3) is 5.91 Å². The minimum absolute atomic E-state index is 0.0692. The van der Waals surface area contributed by atoms with Crippen LogP contribution in [0.1, 0.15) is 50.5 Å². The Labute approximate surface area is 200 Å². The van der Waals surface area contributed by atoms with Gasteiger partial charge in [-0.15, -0.1) is 0 Å². The van der Waals surface area contributed by atoms with Gasteiger partial charge in [-0.25, -0.2) is 0 Å². The van der Waals surface area contributed by atoms with E-state index >= 15 is 0 Å². The van der Waals surface area contributed by atoms with Crippen LogP contribution in [0.3, 0.4) is 0 Å². The number of aliphatic hydroxyl groups is 1. The summed E-state index contributed by atoms with van der Waals surface area (Å²) in [6.45, 7) is 4.47. The molecule has 186 valence electrons. The van der Waals surface area contributed by atoms with Crippen molar-refractivity contribution in [2.45, 2.75) is 51.2 Å². The lowest BCUT2D eigenvalue weighted by molar-refractivity contribution is -0.166. The fourth-order valence-corrected chi connectivity index (χ4v) is 4.76. The van der Waals surface area contributed by atoms with Gasteiger partial charge in [-0.2, -0.15) is 0 Å². The summed E-state index contributed by atoms with van der Waals surface area (Å²) in [5.41, 5.74) is 0.970. The Morgan fingerprint density at radius 2 is 2.12 bits per heavy atom. The van der Waals surface area contributed by atoms with E-state index in [0.717, 1.165) is 18.5 Å². The average Bonchev–Trinajstić information content (AvgIpc) is 3.48. The summed E-state index contributed by atoms with van der Waals surface area (Å²) in [5.74, 6) is 1.24. The summed E-state index contributed by atoms with van der Waals surface area (Å²) >= 11 is 0. The molecule has 0 aliphatic carbocycles. The van der Waals surface area contributed by atoms with Crippen LogP contribution in [0, 0.1) is 5.92 Å². The van der Waals surface area contributed by atoms with Gasteiger partial charge in [-0.05, 0) is 56.4 Å². The Hall–Kier alpha value is -2.78. The van der Waals surface area contributed by atoms with E-state index in [1.165, 1.54) is 0 Å². The number of nitrogens with zero attached hydrogens (tertiary/aromatic N) is 1.